The topological polar surface area (TPSA) is 83.6 Å². The summed E-state index contributed by atoms with van der Waals surface area (Å²) in [5.74, 6) is -1.02. The Bertz CT molecular complexity index is 558. The van der Waals surface area contributed by atoms with E-state index in [0.29, 0.717) is 0 Å². The molecule has 1 saturated heterocycles. The van der Waals surface area contributed by atoms with Crippen molar-refractivity contribution in [3.05, 3.63) is 23.0 Å². The normalized spacial score (nSPS) is 18.1. The second-order valence-corrected chi connectivity index (χ2v) is 6.13. The number of nitrogens with two attached hydrogens (primary N) is 1. The first-order valence-corrected chi connectivity index (χ1v) is 6.57. The van der Waals surface area contributed by atoms with Crippen LogP contribution in [0.1, 0.15) is 0 Å². The Morgan fingerprint density at radius 1 is 1.47 bits per heavy atom. The maximum Gasteiger partial charge on any atom is 0.246 e. The number of halogens is 2. The van der Waals surface area contributed by atoms with Gasteiger partial charge in [0, 0.05) is 18.1 Å². The summed E-state index contributed by atoms with van der Waals surface area (Å²) in [7, 11) is -3.98. The van der Waals surface area contributed by atoms with Crippen LogP contribution >= 0.6 is 11.6 Å². The fourth-order valence-electron chi connectivity index (χ4n) is 1.52. The molecule has 0 spiro atoms. The molecule has 0 saturated carbocycles. The van der Waals surface area contributed by atoms with Crippen molar-refractivity contribution in [2.24, 2.45) is 0 Å². The second-order valence-electron chi connectivity index (χ2n) is 3.78. The van der Waals surface area contributed by atoms with Gasteiger partial charge in [0.1, 0.15) is 4.90 Å². The zero-order valence-electron chi connectivity index (χ0n) is 8.60. The fraction of sp³-hybridized carbons (Fsp3) is 0.333. The third-order valence-corrected chi connectivity index (χ3v) is 4.53. The van der Waals surface area contributed by atoms with Crippen LogP contribution in [-0.2, 0) is 10.0 Å². The van der Waals surface area contributed by atoms with Crippen LogP contribution in [-0.4, -0.2) is 37.0 Å². The lowest BCUT2D eigenvalue weighted by Crippen LogP contribution is -2.53. The van der Waals surface area contributed by atoms with Crippen LogP contribution < -0.4 is 5.73 Å². The molecule has 0 unspecified atom stereocenters. The van der Waals surface area contributed by atoms with Crippen molar-refractivity contribution >= 4 is 27.3 Å². The van der Waals surface area contributed by atoms with Gasteiger partial charge in [-0.2, -0.15) is 4.31 Å². The minimum Gasteiger partial charge on any atom is -0.396 e. The van der Waals surface area contributed by atoms with Crippen molar-refractivity contribution in [1.82, 2.24) is 4.31 Å². The molecule has 2 rings (SSSR count). The zero-order chi connectivity index (χ0) is 12.8. The summed E-state index contributed by atoms with van der Waals surface area (Å²) in [5, 5.41) is 9.10. The van der Waals surface area contributed by atoms with E-state index in [-0.39, 0.29) is 23.8 Å². The molecule has 0 amide bonds. The molecule has 0 radical (unpaired) electrons. The highest BCUT2D eigenvalue weighted by Gasteiger charge is 2.37. The largest absolute Gasteiger partial charge is 0.396 e. The predicted molar refractivity (Wildman–Crippen MR) is 60.6 cm³/mol. The number of hydrogen-bond acceptors (Lipinski definition) is 4. The van der Waals surface area contributed by atoms with Gasteiger partial charge in [-0.1, -0.05) is 11.6 Å². The number of nitrogens with zero attached hydrogens (tertiary/aromatic N) is 1. The van der Waals surface area contributed by atoms with Crippen molar-refractivity contribution in [2.45, 2.75) is 11.0 Å². The maximum absolute atomic E-state index is 13.6. The van der Waals surface area contributed by atoms with Gasteiger partial charge in [0.15, 0.2) is 5.82 Å². The van der Waals surface area contributed by atoms with Gasteiger partial charge in [0.05, 0.1) is 11.8 Å². The van der Waals surface area contributed by atoms with E-state index in [1.54, 1.807) is 0 Å². The number of nitrogen functional groups attached to an aromatic ring is 1. The minimum absolute atomic E-state index is 0.0450. The molecule has 0 bridgehead atoms. The summed E-state index contributed by atoms with van der Waals surface area (Å²) in [5.41, 5.74) is 4.99. The third kappa shape index (κ3) is 2.11. The van der Waals surface area contributed by atoms with Crippen molar-refractivity contribution in [1.29, 1.82) is 0 Å². The molecule has 94 valence electrons. The Labute approximate surface area is 103 Å². The monoisotopic (exact) mass is 280 g/mol. The third-order valence-electron chi connectivity index (χ3n) is 2.48. The van der Waals surface area contributed by atoms with E-state index in [4.69, 9.17) is 22.4 Å². The van der Waals surface area contributed by atoms with Gasteiger partial charge in [-0.15, -0.1) is 0 Å². The summed E-state index contributed by atoms with van der Waals surface area (Å²) < 4.78 is 38.5. The molecule has 17 heavy (non-hydrogen) atoms. The lowest BCUT2D eigenvalue weighted by Gasteiger charge is -2.34. The van der Waals surface area contributed by atoms with Crippen LogP contribution in [0.4, 0.5) is 10.1 Å². The van der Waals surface area contributed by atoms with Crippen LogP contribution in [0.25, 0.3) is 0 Å². The van der Waals surface area contributed by atoms with Crippen LogP contribution in [0.5, 0.6) is 0 Å². The summed E-state index contributed by atoms with van der Waals surface area (Å²) in [4.78, 5) is -0.561. The SMILES string of the molecule is Nc1cc(Cl)cc(S(=O)(=O)N2CC(O)C2)c1F. The molecule has 0 aliphatic carbocycles. The molecule has 0 atom stereocenters. The van der Waals surface area contributed by atoms with Crippen molar-refractivity contribution < 1.29 is 17.9 Å². The van der Waals surface area contributed by atoms with Crippen LogP contribution in [0, 0.1) is 5.82 Å². The predicted octanol–water partition coefficient (Wildman–Crippen LogP) is 0.427. The highest BCUT2D eigenvalue weighted by Crippen LogP contribution is 2.29. The zero-order valence-corrected chi connectivity index (χ0v) is 10.2. The standard InChI is InChI=1S/C9H10ClFN2O3S/c10-5-1-7(12)9(11)8(2-5)17(15,16)13-3-6(14)4-13/h1-2,6,14H,3-4,12H2. The molecule has 5 nitrogen and oxygen atoms in total. The molecular weight excluding hydrogens is 271 g/mol. The number of anilines is 1. The first-order chi connectivity index (χ1) is 7.82. The van der Waals surface area contributed by atoms with Crippen LogP contribution in [0.3, 0.4) is 0 Å². The van der Waals surface area contributed by atoms with Gasteiger partial charge < -0.3 is 10.8 Å². The van der Waals surface area contributed by atoms with Crippen molar-refractivity contribution in [2.75, 3.05) is 18.8 Å². The minimum atomic E-state index is -3.98. The number of β-amino-alcohol motifs (C(OH)–C–C–N with tert-alkyl or cyclic N) is 1. The highest BCUT2D eigenvalue weighted by molar-refractivity contribution is 7.89. The molecule has 1 aliphatic rings. The van der Waals surface area contributed by atoms with Crippen molar-refractivity contribution in [3.63, 3.8) is 0 Å². The van der Waals surface area contributed by atoms with Gasteiger partial charge in [0.25, 0.3) is 0 Å². The number of hydrogen-bond donors (Lipinski definition) is 2. The highest BCUT2D eigenvalue weighted by atomic mass is 35.5. The Kier molecular flexibility index (Phi) is 3.03. The molecule has 1 fully saturated rings. The summed E-state index contributed by atoms with van der Waals surface area (Å²) >= 11 is 5.64. The van der Waals surface area contributed by atoms with Gasteiger partial charge in [-0.3, -0.25) is 0 Å². The van der Waals surface area contributed by atoms with Gasteiger partial charge in [-0.05, 0) is 12.1 Å². The van der Waals surface area contributed by atoms with Gasteiger partial charge in [-0.25, -0.2) is 12.8 Å². The molecule has 1 aliphatic heterocycles. The molecule has 1 aromatic rings. The lowest BCUT2D eigenvalue weighted by molar-refractivity contribution is 0.0546. The van der Waals surface area contributed by atoms with E-state index >= 15 is 0 Å². The van der Waals surface area contributed by atoms with Gasteiger partial charge in [0.2, 0.25) is 10.0 Å². The van der Waals surface area contributed by atoms with Crippen LogP contribution in [0.2, 0.25) is 5.02 Å². The lowest BCUT2D eigenvalue weighted by atomic mass is 10.2. The molecule has 8 heteroatoms. The average Bonchev–Trinajstić information content (AvgIpc) is 2.18. The molecular formula is C9H10ClFN2O3S. The van der Waals surface area contributed by atoms with E-state index in [1.807, 2.05) is 0 Å². The smallest absolute Gasteiger partial charge is 0.246 e. The van der Waals surface area contributed by atoms with E-state index in [9.17, 15) is 12.8 Å². The number of aliphatic hydroxyl groups excluding tert-OH is 1. The Hall–Kier alpha value is -0.890. The summed E-state index contributed by atoms with van der Waals surface area (Å²) in [6.45, 7) is -0.0949. The first kappa shape index (κ1) is 12.6. The van der Waals surface area contributed by atoms with Crippen LogP contribution in [0.15, 0.2) is 17.0 Å². The Morgan fingerprint density at radius 2 is 2.06 bits per heavy atom. The number of sulfonamides is 1. The molecule has 1 aromatic carbocycles. The summed E-state index contributed by atoms with van der Waals surface area (Å²) in [6, 6.07) is 2.15. The molecule has 0 aromatic heterocycles. The fourth-order valence-corrected chi connectivity index (χ4v) is 3.45. The number of rotatable bonds is 2. The Morgan fingerprint density at radius 3 is 2.59 bits per heavy atom. The van der Waals surface area contributed by atoms with Gasteiger partial charge >= 0.3 is 0 Å². The van der Waals surface area contributed by atoms with E-state index in [0.717, 1.165) is 16.4 Å². The number of aliphatic hydroxyl groups is 1. The average molecular weight is 281 g/mol. The first-order valence-electron chi connectivity index (χ1n) is 4.75. The Balaban J connectivity index is 2.47. The second kappa shape index (κ2) is 4.09. The molecule has 3 N–H and O–H groups in total. The van der Waals surface area contributed by atoms with E-state index < -0.39 is 26.8 Å². The summed E-state index contributed by atoms with van der Waals surface area (Å²) in [6.07, 6.45) is -0.704. The number of benzene rings is 1. The van der Waals surface area contributed by atoms with E-state index in [2.05, 4.69) is 0 Å². The molecule has 1 heterocycles. The maximum atomic E-state index is 13.6. The van der Waals surface area contributed by atoms with Crippen molar-refractivity contribution in [3.8, 4) is 0 Å². The van der Waals surface area contributed by atoms with E-state index in [1.165, 1.54) is 0 Å². The quantitative estimate of drug-likeness (QED) is 0.770.